The monoisotopic (exact) mass is 515 g/mol. The molecule has 12 nitrogen and oxygen atoms in total. The van der Waals surface area contributed by atoms with E-state index in [2.05, 4.69) is 30.2 Å². The molecule has 0 spiro atoms. The number of nitrogens with zero attached hydrogens (tertiary/aromatic N) is 5. The second-order valence-electron chi connectivity index (χ2n) is 9.07. The average molecular weight is 515 g/mol. The summed E-state index contributed by atoms with van der Waals surface area (Å²) >= 11 is 0. The molecule has 188 valence electrons. The van der Waals surface area contributed by atoms with Crippen molar-refractivity contribution in [3.05, 3.63) is 36.2 Å². The van der Waals surface area contributed by atoms with Gasteiger partial charge in [-0.2, -0.15) is 9.97 Å². The number of aromatic amines is 1. The van der Waals surface area contributed by atoms with Gasteiger partial charge in [0.15, 0.2) is 5.75 Å². The minimum Gasteiger partial charge on any atom is -0.421 e. The van der Waals surface area contributed by atoms with Crippen LogP contribution in [0.1, 0.15) is 12.2 Å². The third-order valence-electron chi connectivity index (χ3n) is 6.80. The first kappa shape index (κ1) is 23.0. The summed E-state index contributed by atoms with van der Waals surface area (Å²) in [5.41, 5.74) is 1.70. The molecule has 3 unspecified atom stereocenters. The lowest BCUT2D eigenvalue weighted by molar-refractivity contribution is -0.00429. The number of ether oxygens (including phenoxy) is 1. The van der Waals surface area contributed by atoms with Gasteiger partial charge in [0.1, 0.15) is 23.1 Å². The Morgan fingerprint density at radius 3 is 2.72 bits per heavy atom. The number of aryl methyl sites for hydroxylation is 1. The van der Waals surface area contributed by atoms with Crippen LogP contribution in [0.3, 0.4) is 0 Å². The number of aromatic nitrogens is 5. The molecule has 2 aliphatic rings. The van der Waals surface area contributed by atoms with Crippen LogP contribution in [-0.4, -0.2) is 60.9 Å². The number of nitrogens with one attached hydrogen (secondary N) is 2. The van der Waals surface area contributed by atoms with Crippen molar-refractivity contribution >= 4 is 41.3 Å². The lowest BCUT2D eigenvalue weighted by atomic mass is 9.74. The molecule has 1 aliphatic heterocycles. The Hall–Kier alpha value is -3.38. The maximum atomic E-state index is 14.5. The molecule has 4 aromatic rings. The molecular weight excluding hydrogens is 492 g/mol. The van der Waals surface area contributed by atoms with E-state index in [1.54, 1.807) is 14.0 Å². The van der Waals surface area contributed by atoms with Gasteiger partial charge in [0.2, 0.25) is 0 Å². The first-order chi connectivity index (χ1) is 17.2. The van der Waals surface area contributed by atoms with E-state index in [1.165, 1.54) is 24.5 Å². The van der Waals surface area contributed by atoms with E-state index in [0.717, 1.165) is 0 Å². The Kier molecular flexibility index (Phi) is 5.34. The molecule has 0 amide bonds. The number of rotatable bonds is 6. The van der Waals surface area contributed by atoms with Crippen molar-refractivity contribution in [1.29, 1.82) is 0 Å². The number of hydrogen-bond acceptors (Lipinski definition) is 9. The first-order valence-electron chi connectivity index (χ1n) is 11.3. The van der Waals surface area contributed by atoms with Crippen molar-refractivity contribution in [2.75, 3.05) is 30.4 Å². The molecule has 3 atom stereocenters. The summed E-state index contributed by atoms with van der Waals surface area (Å²) in [6.45, 7) is 2.83. The van der Waals surface area contributed by atoms with Crippen molar-refractivity contribution in [3.8, 4) is 11.8 Å². The van der Waals surface area contributed by atoms with E-state index in [4.69, 9.17) is 9.26 Å². The Morgan fingerprint density at radius 1 is 1.22 bits per heavy atom. The lowest BCUT2D eigenvalue weighted by Gasteiger charge is -2.38. The van der Waals surface area contributed by atoms with E-state index in [-0.39, 0.29) is 17.8 Å². The normalized spacial score (nSPS) is 21.6. The maximum absolute atomic E-state index is 14.5. The summed E-state index contributed by atoms with van der Waals surface area (Å²) in [7, 11) is -2.88. The van der Waals surface area contributed by atoms with E-state index in [0.29, 0.717) is 64.5 Å². The van der Waals surface area contributed by atoms with Gasteiger partial charge < -0.3 is 29.7 Å². The molecule has 1 saturated carbocycles. The summed E-state index contributed by atoms with van der Waals surface area (Å²) < 4.78 is 36.7. The number of phosphoric ester groups is 1. The molecular formula is C22H23FN7O5P. The first-order valence-corrected chi connectivity index (χ1v) is 12.9. The molecule has 14 heteroatoms. The highest BCUT2D eigenvalue weighted by atomic mass is 31.2. The van der Waals surface area contributed by atoms with Gasteiger partial charge in [0.05, 0.1) is 35.1 Å². The number of H-pyrrole nitrogens is 1. The third kappa shape index (κ3) is 4.03. The van der Waals surface area contributed by atoms with Crippen LogP contribution in [0.2, 0.25) is 0 Å². The van der Waals surface area contributed by atoms with Crippen molar-refractivity contribution < 1.29 is 28.0 Å². The van der Waals surface area contributed by atoms with Crippen LogP contribution in [0.5, 0.6) is 11.8 Å². The molecule has 6 rings (SSSR count). The van der Waals surface area contributed by atoms with E-state index in [1.807, 2.05) is 4.90 Å². The standard InChI is InChI=1S/C22H23FN7O5P/c1-10-25-6-13(7-26-10)34-22-28-20-18(14-4-12(23)5-16(24-2)19(14)27-20)21(29-22)30-8-11-3-17(15(11)9-30)35-36(31,32)33/h4-7,11,15,17,24H,3,8-9H2,1-2H3,(H,27,28,29)(H2,31,32,33). The molecule has 1 aliphatic carbocycles. The molecule has 1 aromatic carbocycles. The second-order valence-corrected chi connectivity index (χ2v) is 10.3. The summed E-state index contributed by atoms with van der Waals surface area (Å²) in [5, 5.41) is 4.24. The zero-order valence-corrected chi connectivity index (χ0v) is 20.2. The minimum absolute atomic E-state index is 0.0604. The zero-order chi connectivity index (χ0) is 25.2. The predicted molar refractivity (Wildman–Crippen MR) is 128 cm³/mol. The fourth-order valence-electron chi connectivity index (χ4n) is 5.15. The zero-order valence-electron chi connectivity index (χ0n) is 19.3. The Morgan fingerprint density at radius 2 is 2.00 bits per heavy atom. The molecule has 3 aromatic heterocycles. The SMILES string of the molecule is CNc1cc(F)cc2c1[nH]c1nc(Oc3cnc(C)nc3)nc(N3CC4CC(OP(=O)(O)O)C4C3)c12. The molecule has 2 fully saturated rings. The highest BCUT2D eigenvalue weighted by Gasteiger charge is 2.50. The van der Waals surface area contributed by atoms with Crippen molar-refractivity contribution in [1.82, 2.24) is 24.9 Å². The quantitative estimate of drug-likeness (QED) is 0.280. The number of anilines is 2. The Balaban J connectivity index is 1.45. The smallest absolute Gasteiger partial charge is 0.421 e. The topological polar surface area (TPSA) is 159 Å². The number of fused-ring (bicyclic) bond motifs is 4. The number of halogens is 1. The number of phosphoric acid groups is 1. The van der Waals surface area contributed by atoms with Crippen LogP contribution < -0.4 is 15.0 Å². The minimum atomic E-state index is -4.58. The van der Waals surface area contributed by atoms with E-state index < -0.39 is 19.7 Å². The number of benzene rings is 1. The second kappa shape index (κ2) is 8.34. The Bertz CT molecular complexity index is 1530. The van der Waals surface area contributed by atoms with Gasteiger partial charge in [-0.3, -0.25) is 4.52 Å². The molecule has 0 radical (unpaired) electrons. The van der Waals surface area contributed by atoms with Crippen LogP contribution in [0.15, 0.2) is 24.5 Å². The molecule has 0 bridgehead atoms. The Labute approximate surface area is 204 Å². The van der Waals surface area contributed by atoms with Crippen molar-refractivity contribution in [2.45, 2.75) is 19.4 Å². The summed E-state index contributed by atoms with van der Waals surface area (Å²) in [5.74, 6) is 1.21. The van der Waals surface area contributed by atoms with E-state index in [9.17, 15) is 18.7 Å². The van der Waals surface area contributed by atoms with Crippen LogP contribution in [0.4, 0.5) is 15.9 Å². The van der Waals surface area contributed by atoms with Crippen LogP contribution in [-0.2, 0) is 9.09 Å². The van der Waals surface area contributed by atoms with Gasteiger partial charge in [-0.1, -0.05) is 0 Å². The van der Waals surface area contributed by atoms with Gasteiger partial charge in [-0.05, 0) is 31.4 Å². The number of hydrogen-bond donors (Lipinski definition) is 4. The molecule has 1 saturated heterocycles. The highest BCUT2D eigenvalue weighted by molar-refractivity contribution is 7.46. The van der Waals surface area contributed by atoms with Gasteiger partial charge in [0.25, 0.3) is 0 Å². The molecule has 4 N–H and O–H groups in total. The van der Waals surface area contributed by atoms with Gasteiger partial charge in [-0.15, -0.1) is 0 Å². The fourth-order valence-corrected chi connectivity index (χ4v) is 5.75. The van der Waals surface area contributed by atoms with Gasteiger partial charge in [0, 0.05) is 31.4 Å². The fraction of sp³-hybridized carbons (Fsp3) is 0.364. The molecule has 4 heterocycles. The summed E-state index contributed by atoms with van der Waals surface area (Å²) in [6.07, 6.45) is 3.05. The van der Waals surface area contributed by atoms with Gasteiger partial charge in [-0.25, -0.2) is 18.9 Å². The predicted octanol–water partition coefficient (Wildman–Crippen LogP) is 3.12. The highest BCUT2D eigenvalue weighted by Crippen LogP contribution is 2.51. The maximum Gasteiger partial charge on any atom is 0.469 e. The largest absolute Gasteiger partial charge is 0.469 e. The van der Waals surface area contributed by atoms with Crippen molar-refractivity contribution in [3.63, 3.8) is 0 Å². The average Bonchev–Trinajstić information content (AvgIpc) is 3.35. The summed E-state index contributed by atoms with van der Waals surface area (Å²) in [4.78, 5) is 41.2. The van der Waals surface area contributed by atoms with Crippen LogP contribution in [0.25, 0.3) is 21.9 Å². The lowest BCUT2D eigenvalue weighted by Crippen LogP contribution is -2.41. The third-order valence-corrected chi connectivity index (χ3v) is 7.34. The van der Waals surface area contributed by atoms with Crippen LogP contribution in [0, 0.1) is 24.6 Å². The van der Waals surface area contributed by atoms with Crippen LogP contribution >= 0.6 is 7.82 Å². The molecule has 36 heavy (non-hydrogen) atoms. The van der Waals surface area contributed by atoms with Gasteiger partial charge >= 0.3 is 13.8 Å². The van der Waals surface area contributed by atoms with E-state index >= 15 is 0 Å². The summed E-state index contributed by atoms with van der Waals surface area (Å²) in [6, 6.07) is 2.89. The van der Waals surface area contributed by atoms with Crippen molar-refractivity contribution in [2.24, 2.45) is 11.8 Å².